The van der Waals surface area contributed by atoms with Gasteiger partial charge in [-0.2, -0.15) is 0 Å². The molecule has 0 radical (unpaired) electrons. The summed E-state index contributed by atoms with van der Waals surface area (Å²) < 4.78 is 0. The summed E-state index contributed by atoms with van der Waals surface area (Å²) in [6.45, 7) is 6.14. The highest BCUT2D eigenvalue weighted by Crippen LogP contribution is 2.39. The average Bonchev–Trinajstić information content (AvgIpc) is 3.28. The van der Waals surface area contributed by atoms with E-state index in [1.54, 1.807) is 0 Å². The van der Waals surface area contributed by atoms with Crippen LogP contribution in [0, 0.1) is 11.8 Å². The van der Waals surface area contributed by atoms with Crippen LogP contribution in [0.25, 0.3) is 0 Å². The molecule has 1 amide bonds. The maximum atomic E-state index is 12.5. The Kier molecular flexibility index (Phi) is 5.25. The maximum absolute atomic E-state index is 12.5. The highest BCUT2D eigenvalue weighted by atomic mass is 16.4. The molecule has 0 saturated heterocycles. The normalized spacial score (nSPS) is 22.4. The fourth-order valence-corrected chi connectivity index (χ4v) is 2.98. The predicted molar refractivity (Wildman–Crippen MR) is 80.9 cm³/mol. The van der Waals surface area contributed by atoms with Crippen LogP contribution in [-0.4, -0.2) is 46.6 Å². The Balaban J connectivity index is 1.90. The molecule has 2 saturated carbocycles. The van der Waals surface area contributed by atoms with Crippen molar-refractivity contribution in [3.05, 3.63) is 0 Å². The second kappa shape index (κ2) is 6.77. The van der Waals surface area contributed by atoms with E-state index < -0.39 is 12.0 Å². The van der Waals surface area contributed by atoms with Crippen LogP contribution < -0.4 is 5.32 Å². The van der Waals surface area contributed by atoms with Gasteiger partial charge in [-0.1, -0.05) is 20.3 Å². The molecule has 0 aromatic rings. The molecule has 2 aliphatic carbocycles. The molecule has 1 unspecified atom stereocenters. The SMILES string of the molecule is CC[C@H](C)[C@H](NCC(=O)N(C1CC1)C(C)C1CC1)C(=O)O. The van der Waals surface area contributed by atoms with Gasteiger partial charge in [0.1, 0.15) is 6.04 Å². The predicted octanol–water partition coefficient (Wildman–Crippen LogP) is 1.86. The van der Waals surface area contributed by atoms with Crippen molar-refractivity contribution in [2.45, 2.75) is 71.0 Å². The maximum Gasteiger partial charge on any atom is 0.320 e. The van der Waals surface area contributed by atoms with Crippen LogP contribution in [-0.2, 0) is 9.59 Å². The van der Waals surface area contributed by atoms with Crippen LogP contribution in [0.3, 0.4) is 0 Å². The third-order valence-electron chi connectivity index (χ3n) is 4.92. The van der Waals surface area contributed by atoms with Crippen LogP contribution in [0.5, 0.6) is 0 Å². The Morgan fingerprint density at radius 2 is 1.86 bits per heavy atom. The smallest absolute Gasteiger partial charge is 0.320 e. The lowest BCUT2D eigenvalue weighted by atomic mass is 9.99. The first kappa shape index (κ1) is 16.3. The van der Waals surface area contributed by atoms with Gasteiger partial charge in [0.25, 0.3) is 0 Å². The molecule has 2 fully saturated rings. The highest BCUT2D eigenvalue weighted by molar-refractivity contribution is 5.81. The van der Waals surface area contributed by atoms with Crippen molar-refractivity contribution in [3.63, 3.8) is 0 Å². The number of aliphatic carboxylic acids is 1. The number of amides is 1. The molecular weight excluding hydrogens is 268 g/mol. The van der Waals surface area contributed by atoms with Crippen molar-refractivity contribution in [1.82, 2.24) is 10.2 Å². The third kappa shape index (κ3) is 4.19. The number of carbonyl (C=O) groups excluding carboxylic acids is 1. The van der Waals surface area contributed by atoms with Crippen LogP contribution in [0.1, 0.15) is 52.9 Å². The van der Waals surface area contributed by atoms with Gasteiger partial charge in [-0.25, -0.2) is 0 Å². The summed E-state index contributed by atoms with van der Waals surface area (Å²) in [5.74, 6) is -0.137. The molecule has 3 atom stereocenters. The van der Waals surface area contributed by atoms with Gasteiger partial charge in [-0.05, 0) is 44.4 Å². The fourth-order valence-electron chi connectivity index (χ4n) is 2.98. The van der Waals surface area contributed by atoms with E-state index in [0.29, 0.717) is 18.0 Å². The van der Waals surface area contributed by atoms with Gasteiger partial charge in [0, 0.05) is 12.1 Å². The Hall–Kier alpha value is -1.10. The van der Waals surface area contributed by atoms with E-state index in [1.807, 2.05) is 18.7 Å². The van der Waals surface area contributed by atoms with Crippen LogP contribution in [0.2, 0.25) is 0 Å². The Morgan fingerprint density at radius 3 is 2.29 bits per heavy atom. The van der Waals surface area contributed by atoms with Crippen LogP contribution >= 0.6 is 0 Å². The third-order valence-corrected chi connectivity index (χ3v) is 4.92. The molecule has 2 N–H and O–H groups in total. The summed E-state index contributed by atoms with van der Waals surface area (Å²) in [6, 6.07) is 0.0525. The first-order chi connectivity index (χ1) is 9.95. The Morgan fingerprint density at radius 1 is 1.24 bits per heavy atom. The van der Waals surface area contributed by atoms with Crippen LogP contribution in [0.4, 0.5) is 0 Å². The number of carboxylic acid groups (broad SMARTS) is 1. The quantitative estimate of drug-likeness (QED) is 0.681. The summed E-state index contributed by atoms with van der Waals surface area (Å²) in [6.07, 6.45) is 5.40. The molecule has 120 valence electrons. The Bertz CT molecular complexity index is 391. The molecule has 5 heteroatoms. The number of carboxylic acids is 1. The van der Waals surface area contributed by atoms with Crippen molar-refractivity contribution >= 4 is 11.9 Å². The molecule has 5 nitrogen and oxygen atoms in total. The van der Waals surface area contributed by atoms with Crippen LogP contribution in [0.15, 0.2) is 0 Å². The zero-order chi connectivity index (χ0) is 15.6. The van der Waals surface area contributed by atoms with E-state index in [4.69, 9.17) is 0 Å². The van der Waals surface area contributed by atoms with Gasteiger partial charge in [-0.3, -0.25) is 14.9 Å². The van der Waals surface area contributed by atoms with Crippen molar-refractivity contribution in [1.29, 1.82) is 0 Å². The van der Waals surface area contributed by atoms with Crippen molar-refractivity contribution in [2.75, 3.05) is 6.54 Å². The first-order valence-electron chi connectivity index (χ1n) is 8.23. The van der Waals surface area contributed by atoms with E-state index in [9.17, 15) is 14.7 Å². The minimum Gasteiger partial charge on any atom is -0.480 e. The number of nitrogens with one attached hydrogen (secondary N) is 1. The molecule has 0 spiro atoms. The summed E-state index contributed by atoms with van der Waals surface area (Å²) in [5.41, 5.74) is 0. The lowest BCUT2D eigenvalue weighted by Gasteiger charge is -2.30. The Labute approximate surface area is 127 Å². The van der Waals surface area contributed by atoms with Gasteiger partial charge >= 0.3 is 5.97 Å². The first-order valence-corrected chi connectivity index (χ1v) is 8.23. The van der Waals surface area contributed by atoms with Gasteiger partial charge < -0.3 is 10.0 Å². The summed E-state index contributed by atoms with van der Waals surface area (Å²) in [7, 11) is 0. The van der Waals surface area contributed by atoms with Crippen molar-refractivity contribution < 1.29 is 14.7 Å². The number of rotatable bonds is 9. The van der Waals surface area contributed by atoms with Gasteiger partial charge in [0.2, 0.25) is 5.91 Å². The molecule has 0 heterocycles. The van der Waals surface area contributed by atoms with Crippen molar-refractivity contribution in [2.24, 2.45) is 11.8 Å². The lowest BCUT2D eigenvalue weighted by molar-refractivity contribution is -0.141. The van der Waals surface area contributed by atoms with Crippen molar-refractivity contribution in [3.8, 4) is 0 Å². The standard InChI is InChI=1S/C16H28N2O3/c1-4-10(2)15(16(20)21)17-9-14(19)18(13-7-8-13)11(3)12-5-6-12/h10-13,15,17H,4-9H2,1-3H3,(H,20,21)/t10-,11?,15-/m0/s1. The molecule has 0 aromatic carbocycles. The van der Waals surface area contributed by atoms with E-state index in [-0.39, 0.29) is 18.4 Å². The summed E-state index contributed by atoms with van der Waals surface area (Å²) >= 11 is 0. The number of nitrogens with zero attached hydrogens (tertiary/aromatic N) is 1. The van der Waals surface area contributed by atoms with E-state index in [1.165, 1.54) is 12.8 Å². The minimum absolute atomic E-state index is 0.0190. The average molecular weight is 296 g/mol. The molecule has 21 heavy (non-hydrogen) atoms. The number of hydrogen-bond acceptors (Lipinski definition) is 3. The molecule has 0 aliphatic heterocycles. The fraction of sp³-hybridized carbons (Fsp3) is 0.875. The van der Waals surface area contributed by atoms with E-state index in [0.717, 1.165) is 19.3 Å². The molecule has 2 aliphatic rings. The van der Waals surface area contributed by atoms with Gasteiger partial charge in [0.05, 0.1) is 6.54 Å². The molecular formula is C16H28N2O3. The van der Waals surface area contributed by atoms with E-state index in [2.05, 4.69) is 12.2 Å². The minimum atomic E-state index is -0.870. The molecule has 2 rings (SSSR count). The molecule has 0 aromatic heterocycles. The second-order valence-corrected chi connectivity index (χ2v) is 6.69. The lowest BCUT2D eigenvalue weighted by Crippen LogP contribution is -2.50. The second-order valence-electron chi connectivity index (χ2n) is 6.69. The largest absolute Gasteiger partial charge is 0.480 e. The van der Waals surface area contributed by atoms with E-state index >= 15 is 0 Å². The highest BCUT2D eigenvalue weighted by Gasteiger charge is 2.41. The molecule has 0 bridgehead atoms. The summed E-state index contributed by atoms with van der Waals surface area (Å²) in [4.78, 5) is 25.8. The zero-order valence-corrected chi connectivity index (χ0v) is 13.3. The number of hydrogen-bond donors (Lipinski definition) is 2. The monoisotopic (exact) mass is 296 g/mol. The van der Waals surface area contributed by atoms with Gasteiger partial charge in [-0.15, -0.1) is 0 Å². The van der Waals surface area contributed by atoms with Gasteiger partial charge in [0.15, 0.2) is 0 Å². The number of carbonyl (C=O) groups is 2. The summed E-state index contributed by atoms with van der Waals surface area (Å²) in [5, 5.41) is 12.2. The zero-order valence-electron chi connectivity index (χ0n) is 13.3. The topological polar surface area (TPSA) is 69.6 Å².